The quantitative estimate of drug-likeness (QED) is 0.570. The zero-order valence-corrected chi connectivity index (χ0v) is 17.8. The number of carbonyl (C=O) groups excluding carboxylic acids is 2. The Hall–Kier alpha value is -3.38. The first-order chi connectivity index (χ1) is 14.8. The van der Waals surface area contributed by atoms with Gasteiger partial charge in [-0.3, -0.25) is 10.1 Å². The first-order valence-corrected chi connectivity index (χ1v) is 9.62. The smallest absolute Gasteiger partial charge is 0.381 e. The summed E-state index contributed by atoms with van der Waals surface area (Å²) in [6.45, 7) is 5.83. The molecule has 3 rings (SSSR count). The van der Waals surface area contributed by atoms with Crippen LogP contribution in [0.15, 0.2) is 46.6 Å². The molecule has 2 aromatic rings. The second kappa shape index (κ2) is 8.63. The number of anilines is 3. The van der Waals surface area contributed by atoms with Gasteiger partial charge in [-0.1, -0.05) is 25.9 Å². The minimum absolute atomic E-state index is 0.129. The van der Waals surface area contributed by atoms with Crippen molar-refractivity contribution in [2.75, 3.05) is 23.0 Å². The van der Waals surface area contributed by atoms with Crippen molar-refractivity contribution in [1.29, 1.82) is 0 Å². The lowest BCUT2D eigenvalue weighted by Gasteiger charge is -2.27. The van der Waals surface area contributed by atoms with E-state index in [1.165, 1.54) is 31.3 Å². The van der Waals surface area contributed by atoms with Gasteiger partial charge in [0.25, 0.3) is 5.91 Å². The highest BCUT2D eigenvalue weighted by molar-refractivity contribution is 6.05. The van der Waals surface area contributed by atoms with Crippen molar-refractivity contribution in [3.05, 3.63) is 53.3 Å². The third-order valence-corrected chi connectivity index (χ3v) is 4.46. The molecule has 172 valence electrons. The maximum atomic E-state index is 13.1. The van der Waals surface area contributed by atoms with Gasteiger partial charge in [-0.25, -0.2) is 4.79 Å². The number of urea groups is 1. The van der Waals surface area contributed by atoms with Crippen LogP contribution in [-0.2, 0) is 10.2 Å². The van der Waals surface area contributed by atoms with Crippen LogP contribution < -0.4 is 21.0 Å². The van der Waals surface area contributed by atoms with Crippen LogP contribution >= 0.6 is 0 Å². The molecule has 2 atom stereocenters. The Morgan fingerprint density at radius 2 is 1.66 bits per heavy atom. The van der Waals surface area contributed by atoms with Crippen molar-refractivity contribution in [2.24, 2.45) is 0 Å². The topological polar surface area (TPSA) is 115 Å². The number of aromatic nitrogens is 1. The first-order valence-electron chi connectivity index (χ1n) is 9.62. The van der Waals surface area contributed by atoms with Crippen LogP contribution in [0, 0.1) is 0 Å². The highest BCUT2D eigenvalue weighted by Gasteiger charge is 2.42. The molecule has 0 saturated heterocycles. The summed E-state index contributed by atoms with van der Waals surface area (Å²) in [7, 11) is 1.40. The van der Waals surface area contributed by atoms with Crippen LogP contribution in [0.25, 0.3) is 5.43 Å². The number of hydrogen-bond acceptors (Lipinski definition) is 4. The summed E-state index contributed by atoms with van der Waals surface area (Å²) in [6.07, 6.45) is -3.54. The van der Waals surface area contributed by atoms with Gasteiger partial charge in [0, 0.05) is 28.9 Å². The van der Waals surface area contributed by atoms with E-state index in [0.717, 1.165) is 6.20 Å². The molecule has 1 aromatic carbocycles. The molecule has 9 nitrogen and oxygen atoms in total. The van der Waals surface area contributed by atoms with Gasteiger partial charge in [-0.2, -0.15) is 13.2 Å². The van der Waals surface area contributed by atoms with Gasteiger partial charge >= 0.3 is 12.2 Å². The summed E-state index contributed by atoms with van der Waals surface area (Å²) in [5.74, 6) is -0.0384. The summed E-state index contributed by atoms with van der Waals surface area (Å²) >= 11 is 0. The third-order valence-electron chi connectivity index (χ3n) is 4.46. The number of rotatable bonds is 4. The molecule has 1 aromatic heterocycles. The molecule has 0 spiro atoms. The zero-order chi connectivity index (χ0) is 23.7. The predicted octanol–water partition coefficient (Wildman–Crippen LogP) is 3.19. The second-order valence-electron chi connectivity index (χ2n) is 8.25. The van der Waals surface area contributed by atoms with Crippen LogP contribution in [0.1, 0.15) is 26.5 Å². The molecule has 2 heterocycles. The fourth-order valence-electron chi connectivity index (χ4n) is 2.86. The molecule has 0 fully saturated rings. The summed E-state index contributed by atoms with van der Waals surface area (Å²) in [5.41, 5.74) is 3.40. The molecule has 0 saturated carbocycles. The lowest BCUT2D eigenvalue weighted by atomic mass is 9.93. The fourth-order valence-corrected chi connectivity index (χ4v) is 2.86. The van der Waals surface area contributed by atoms with Crippen molar-refractivity contribution < 1.29 is 32.3 Å². The molecule has 12 heteroatoms. The Kier molecular flexibility index (Phi) is 6.28. The monoisotopic (exact) mass is 452 g/mol. The zero-order valence-electron chi connectivity index (χ0n) is 17.8. The Morgan fingerprint density at radius 1 is 1.06 bits per heavy atom. The number of quaternary nitrogens is 1. The maximum absolute atomic E-state index is 13.1. The van der Waals surface area contributed by atoms with Gasteiger partial charge in [0.15, 0.2) is 5.82 Å². The average molecular weight is 452 g/mol. The molecule has 2 unspecified atom stereocenters. The SMILES string of the molecule is C[NH+]1C=C(C(=O)Nc2ccc(NC(=O)Nc3cc(C(C)(C)C)on3)cc2)C(C(F)(F)F)[N-]1. The van der Waals surface area contributed by atoms with E-state index in [2.05, 4.69) is 26.5 Å². The average Bonchev–Trinajstić information content (AvgIpc) is 3.29. The van der Waals surface area contributed by atoms with Gasteiger partial charge < -0.3 is 25.6 Å². The summed E-state index contributed by atoms with van der Waals surface area (Å²) < 4.78 is 44.5. The van der Waals surface area contributed by atoms with Gasteiger partial charge in [-0.15, -0.1) is 0 Å². The number of carbonyl (C=O) groups is 2. The number of hydrogen-bond donors (Lipinski definition) is 4. The highest BCUT2D eigenvalue weighted by Crippen LogP contribution is 2.32. The molecular formula is C20H23F3N6O3. The van der Waals surface area contributed by atoms with Crippen LogP contribution in [-0.4, -0.2) is 36.4 Å². The Labute approximate surface area is 182 Å². The Balaban J connectivity index is 1.58. The van der Waals surface area contributed by atoms with E-state index < -0.39 is 29.7 Å². The minimum Gasteiger partial charge on any atom is -0.434 e. The largest absolute Gasteiger partial charge is 0.434 e. The molecule has 1 aliphatic heterocycles. The molecule has 4 N–H and O–H groups in total. The van der Waals surface area contributed by atoms with Gasteiger partial charge in [-0.05, 0) is 24.3 Å². The number of alkyl halides is 3. The first kappa shape index (κ1) is 23.3. The van der Waals surface area contributed by atoms with Crippen LogP contribution in [0.4, 0.5) is 35.2 Å². The Bertz CT molecular complexity index is 1020. The van der Waals surface area contributed by atoms with E-state index in [0.29, 0.717) is 11.4 Å². The highest BCUT2D eigenvalue weighted by atomic mass is 19.4. The van der Waals surface area contributed by atoms with E-state index in [4.69, 9.17) is 4.52 Å². The van der Waals surface area contributed by atoms with E-state index in [-0.39, 0.29) is 21.9 Å². The van der Waals surface area contributed by atoms with E-state index >= 15 is 0 Å². The van der Waals surface area contributed by atoms with Crippen molar-refractivity contribution in [2.45, 2.75) is 38.4 Å². The molecule has 1 aliphatic rings. The van der Waals surface area contributed by atoms with Crippen LogP contribution in [0.5, 0.6) is 0 Å². The number of nitrogens with one attached hydrogen (secondary N) is 4. The number of benzene rings is 1. The number of amides is 3. The molecular weight excluding hydrogens is 429 g/mol. The van der Waals surface area contributed by atoms with Gasteiger partial charge in [0.1, 0.15) is 5.76 Å². The third kappa shape index (κ3) is 5.65. The van der Waals surface area contributed by atoms with Crippen molar-refractivity contribution in [3.63, 3.8) is 0 Å². The summed E-state index contributed by atoms with van der Waals surface area (Å²) in [4.78, 5) is 24.4. The van der Waals surface area contributed by atoms with Gasteiger partial charge in [0.2, 0.25) is 0 Å². The van der Waals surface area contributed by atoms with Crippen molar-refractivity contribution in [3.8, 4) is 0 Å². The van der Waals surface area contributed by atoms with E-state index in [1.54, 1.807) is 6.07 Å². The fraction of sp³-hybridized carbons (Fsp3) is 0.350. The minimum atomic E-state index is -4.65. The van der Waals surface area contributed by atoms with Gasteiger partial charge in [0.05, 0.1) is 18.8 Å². The maximum Gasteiger partial charge on any atom is 0.381 e. The van der Waals surface area contributed by atoms with E-state index in [9.17, 15) is 22.8 Å². The Morgan fingerprint density at radius 3 is 2.19 bits per heavy atom. The molecule has 3 amide bonds. The summed E-state index contributed by atoms with van der Waals surface area (Å²) in [6, 6.07) is 4.76. The standard InChI is InChI=1S/C20H23F3N6O3/c1-19(2,3)14-9-15(28-32-14)26-18(31)25-12-7-5-11(6-8-12)24-17(30)13-10-29(4)27-16(13)20(21,22)23/h5-10,16,29H,1-4H3,(H,24,30)(H2,25,26,28,31). The summed E-state index contributed by atoms with van der Waals surface area (Å²) in [5, 5.41) is 11.5. The number of nitrogens with zero attached hydrogens (tertiary/aromatic N) is 2. The molecule has 0 aliphatic carbocycles. The molecule has 0 radical (unpaired) electrons. The second-order valence-corrected chi connectivity index (χ2v) is 8.25. The van der Waals surface area contributed by atoms with Crippen molar-refractivity contribution >= 4 is 29.1 Å². The van der Waals surface area contributed by atoms with Crippen LogP contribution in [0.3, 0.4) is 0 Å². The normalized spacial score (nSPS) is 18.8. The lowest BCUT2D eigenvalue weighted by Crippen LogP contribution is -2.98. The van der Waals surface area contributed by atoms with Crippen molar-refractivity contribution in [1.82, 2.24) is 5.16 Å². The number of halogens is 3. The van der Waals surface area contributed by atoms with E-state index in [1.807, 2.05) is 20.8 Å². The molecule has 0 bridgehead atoms. The predicted molar refractivity (Wildman–Crippen MR) is 111 cm³/mol. The molecule has 32 heavy (non-hydrogen) atoms. The lowest BCUT2D eigenvalue weighted by molar-refractivity contribution is -0.780. The van der Waals surface area contributed by atoms with Crippen LogP contribution in [0.2, 0.25) is 0 Å².